The first kappa shape index (κ1) is 17.7. The first-order valence-electron chi connectivity index (χ1n) is 10.2. The molecule has 0 saturated carbocycles. The standard InChI is InChI=1S/C27H21NOS/c1-27(2)20-10-4-6-13-24(20)30-25-16-17(14-15-21(25)27)28-22-11-7-9-19-18-8-3-5-12-23(18)29-26(19)22/h3-16,28H,1-2H3. The molecule has 0 bridgehead atoms. The predicted octanol–water partition coefficient (Wildman–Crippen LogP) is 8.12. The Morgan fingerprint density at radius 1 is 0.733 bits per heavy atom. The maximum absolute atomic E-state index is 6.18. The number of anilines is 2. The molecule has 2 nitrogen and oxygen atoms in total. The summed E-state index contributed by atoms with van der Waals surface area (Å²) >= 11 is 1.85. The highest BCUT2D eigenvalue weighted by atomic mass is 32.2. The molecular weight excluding hydrogens is 386 g/mol. The lowest BCUT2D eigenvalue weighted by Crippen LogP contribution is -2.23. The Labute approximate surface area is 179 Å². The molecule has 0 amide bonds. The van der Waals surface area contributed by atoms with Crippen LogP contribution < -0.4 is 5.32 Å². The lowest BCUT2D eigenvalue weighted by Gasteiger charge is -2.34. The van der Waals surface area contributed by atoms with Crippen molar-refractivity contribution in [3.8, 4) is 0 Å². The third-order valence-electron chi connectivity index (χ3n) is 6.12. The average molecular weight is 408 g/mol. The third kappa shape index (κ3) is 2.59. The van der Waals surface area contributed by atoms with E-state index in [9.17, 15) is 0 Å². The quantitative estimate of drug-likeness (QED) is 0.320. The molecule has 1 aliphatic heterocycles. The normalized spacial score (nSPS) is 14.5. The minimum absolute atomic E-state index is 0.00550. The SMILES string of the molecule is CC1(C)c2ccccc2Sc2cc(Nc3cccc4c3oc3ccccc34)ccc21. The smallest absolute Gasteiger partial charge is 0.158 e. The maximum atomic E-state index is 6.18. The van der Waals surface area contributed by atoms with Gasteiger partial charge in [-0.25, -0.2) is 0 Å². The predicted molar refractivity (Wildman–Crippen MR) is 126 cm³/mol. The van der Waals surface area contributed by atoms with Crippen molar-refractivity contribution in [1.29, 1.82) is 0 Å². The zero-order valence-corrected chi connectivity index (χ0v) is 17.7. The van der Waals surface area contributed by atoms with E-state index in [1.807, 2.05) is 23.9 Å². The summed E-state index contributed by atoms with van der Waals surface area (Å²) in [5.74, 6) is 0. The van der Waals surface area contributed by atoms with E-state index < -0.39 is 0 Å². The number of furan rings is 1. The van der Waals surface area contributed by atoms with Crippen LogP contribution in [-0.4, -0.2) is 0 Å². The Kier molecular flexibility index (Phi) is 3.78. The van der Waals surface area contributed by atoms with Gasteiger partial charge in [0.25, 0.3) is 0 Å². The molecule has 0 atom stereocenters. The van der Waals surface area contributed by atoms with Crippen LogP contribution in [0.2, 0.25) is 0 Å². The molecule has 0 spiro atoms. The topological polar surface area (TPSA) is 25.2 Å². The summed E-state index contributed by atoms with van der Waals surface area (Å²) in [4.78, 5) is 2.65. The largest absolute Gasteiger partial charge is 0.454 e. The Balaban J connectivity index is 1.43. The van der Waals surface area contributed by atoms with Crippen molar-refractivity contribution in [1.82, 2.24) is 0 Å². The van der Waals surface area contributed by atoms with Gasteiger partial charge in [0, 0.05) is 31.7 Å². The van der Waals surface area contributed by atoms with Crippen LogP contribution in [0.3, 0.4) is 0 Å². The highest BCUT2D eigenvalue weighted by Gasteiger charge is 2.32. The highest BCUT2D eigenvalue weighted by Crippen LogP contribution is 2.49. The van der Waals surface area contributed by atoms with Crippen LogP contribution in [0.25, 0.3) is 21.9 Å². The van der Waals surface area contributed by atoms with Crippen molar-refractivity contribution in [3.05, 3.63) is 96.1 Å². The van der Waals surface area contributed by atoms with Crippen molar-refractivity contribution >= 4 is 45.1 Å². The number of hydrogen-bond donors (Lipinski definition) is 1. The Hall–Kier alpha value is -3.17. The molecule has 1 aromatic heterocycles. The van der Waals surface area contributed by atoms with Crippen molar-refractivity contribution in [2.45, 2.75) is 29.1 Å². The lowest BCUT2D eigenvalue weighted by molar-refractivity contribution is 0.607. The van der Waals surface area contributed by atoms with Crippen LogP contribution in [0.1, 0.15) is 25.0 Å². The monoisotopic (exact) mass is 407 g/mol. The van der Waals surface area contributed by atoms with E-state index in [-0.39, 0.29) is 5.41 Å². The van der Waals surface area contributed by atoms with Crippen LogP contribution in [0.4, 0.5) is 11.4 Å². The van der Waals surface area contributed by atoms with Crippen LogP contribution >= 0.6 is 11.8 Å². The summed E-state index contributed by atoms with van der Waals surface area (Å²) in [5.41, 5.74) is 6.65. The number of rotatable bonds is 2. The molecule has 0 fully saturated rings. The molecule has 0 radical (unpaired) electrons. The molecule has 1 aliphatic rings. The van der Waals surface area contributed by atoms with Crippen LogP contribution in [0, 0.1) is 0 Å². The van der Waals surface area contributed by atoms with Gasteiger partial charge in [-0.1, -0.05) is 80.2 Å². The van der Waals surface area contributed by atoms with Crippen LogP contribution in [-0.2, 0) is 5.41 Å². The molecule has 2 heterocycles. The number of hydrogen-bond acceptors (Lipinski definition) is 3. The van der Waals surface area contributed by atoms with E-state index >= 15 is 0 Å². The average Bonchev–Trinajstić information content (AvgIpc) is 3.14. The second-order valence-corrected chi connectivity index (χ2v) is 9.42. The Bertz CT molecular complexity index is 1430. The molecule has 3 heteroatoms. The van der Waals surface area contributed by atoms with Crippen LogP contribution in [0.15, 0.2) is 99.1 Å². The molecule has 0 unspecified atom stereocenters. The van der Waals surface area contributed by atoms with E-state index in [1.165, 1.54) is 20.9 Å². The highest BCUT2D eigenvalue weighted by molar-refractivity contribution is 7.99. The van der Waals surface area contributed by atoms with Gasteiger partial charge in [0.1, 0.15) is 5.58 Å². The van der Waals surface area contributed by atoms with Gasteiger partial charge >= 0.3 is 0 Å². The van der Waals surface area contributed by atoms with Crippen molar-refractivity contribution < 1.29 is 4.42 Å². The first-order valence-corrected chi connectivity index (χ1v) is 11.0. The molecule has 0 aliphatic carbocycles. The zero-order valence-electron chi connectivity index (χ0n) is 16.9. The number of para-hydroxylation sites is 2. The fraction of sp³-hybridized carbons (Fsp3) is 0.111. The van der Waals surface area contributed by atoms with E-state index in [4.69, 9.17) is 4.42 Å². The Morgan fingerprint density at radius 2 is 1.50 bits per heavy atom. The Morgan fingerprint density at radius 3 is 2.43 bits per heavy atom. The molecule has 1 N–H and O–H groups in total. The van der Waals surface area contributed by atoms with Crippen molar-refractivity contribution in [3.63, 3.8) is 0 Å². The van der Waals surface area contributed by atoms with Gasteiger partial charge in [-0.15, -0.1) is 0 Å². The van der Waals surface area contributed by atoms with E-state index in [0.717, 1.165) is 33.3 Å². The second-order valence-electron chi connectivity index (χ2n) is 8.34. The molecule has 30 heavy (non-hydrogen) atoms. The summed E-state index contributed by atoms with van der Waals surface area (Å²) in [6.45, 7) is 4.62. The van der Waals surface area contributed by atoms with E-state index in [1.54, 1.807) is 0 Å². The van der Waals surface area contributed by atoms with Gasteiger partial charge in [0.15, 0.2) is 5.58 Å². The molecule has 0 saturated heterocycles. The van der Waals surface area contributed by atoms with Crippen molar-refractivity contribution in [2.24, 2.45) is 0 Å². The van der Waals surface area contributed by atoms with Gasteiger partial charge in [-0.2, -0.15) is 0 Å². The van der Waals surface area contributed by atoms with Gasteiger partial charge in [-0.3, -0.25) is 0 Å². The van der Waals surface area contributed by atoms with Gasteiger partial charge in [-0.05, 0) is 41.5 Å². The molecule has 5 aromatic rings. The second kappa shape index (κ2) is 6.41. The summed E-state index contributed by atoms with van der Waals surface area (Å²) in [6.07, 6.45) is 0. The van der Waals surface area contributed by atoms with E-state index in [2.05, 4.69) is 92.0 Å². The minimum atomic E-state index is -0.00550. The third-order valence-corrected chi connectivity index (χ3v) is 7.25. The lowest BCUT2D eigenvalue weighted by atomic mass is 9.77. The summed E-state index contributed by atoms with van der Waals surface area (Å²) in [6, 6.07) is 29.9. The number of nitrogens with one attached hydrogen (secondary N) is 1. The number of benzene rings is 4. The maximum Gasteiger partial charge on any atom is 0.158 e. The molecule has 146 valence electrons. The minimum Gasteiger partial charge on any atom is -0.454 e. The zero-order chi connectivity index (χ0) is 20.3. The fourth-order valence-corrected chi connectivity index (χ4v) is 5.97. The summed E-state index contributed by atoms with van der Waals surface area (Å²) in [7, 11) is 0. The summed E-state index contributed by atoms with van der Waals surface area (Å²) in [5, 5.41) is 5.89. The molecule has 4 aromatic carbocycles. The van der Waals surface area contributed by atoms with Gasteiger partial charge in [0.05, 0.1) is 5.69 Å². The van der Waals surface area contributed by atoms with Gasteiger partial charge in [0.2, 0.25) is 0 Å². The van der Waals surface area contributed by atoms with E-state index in [0.29, 0.717) is 0 Å². The van der Waals surface area contributed by atoms with Crippen LogP contribution in [0.5, 0.6) is 0 Å². The summed E-state index contributed by atoms with van der Waals surface area (Å²) < 4.78 is 6.18. The fourth-order valence-electron chi connectivity index (χ4n) is 4.54. The van der Waals surface area contributed by atoms with Gasteiger partial charge < -0.3 is 9.73 Å². The first-order chi connectivity index (χ1) is 14.6. The molecular formula is C27H21NOS. The van der Waals surface area contributed by atoms with Crippen molar-refractivity contribution in [2.75, 3.05) is 5.32 Å². The number of fused-ring (bicyclic) bond motifs is 5. The molecule has 6 rings (SSSR count).